The van der Waals surface area contributed by atoms with E-state index in [0.717, 1.165) is 5.56 Å². The lowest BCUT2D eigenvalue weighted by molar-refractivity contribution is -0.385. The molecule has 3 aromatic rings. The van der Waals surface area contributed by atoms with Crippen molar-refractivity contribution < 1.29 is 19.6 Å². The zero-order valence-corrected chi connectivity index (χ0v) is 20.6. The molecule has 0 saturated carbocycles. The maximum Gasteiger partial charge on any atom is 0.338 e. The number of nitro groups is 1. The molecule has 4 rings (SSSR count). The number of hydrogen-bond donors (Lipinski definition) is 2. The summed E-state index contributed by atoms with van der Waals surface area (Å²) in [5.74, 6) is -0.176. The van der Waals surface area contributed by atoms with Crippen molar-refractivity contribution in [2.45, 2.75) is 43.8 Å². The number of anilines is 1. The number of carbonyl (C=O) groups is 1. The summed E-state index contributed by atoms with van der Waals surface area (Å²) in [6.45, 7) is 5.16. The second kappa shape index (κ2) is 9.96. The van der Waals surface area contributed by atoms with Crippen LogP contribution in [0.2, 0.25) is 5.02 Å². The molecule has 35 heavy (non-hydrogen) atoms. The summed E-state index contributed by atoms with van der Waals surface area (Å²) in [5.41, 5.74) is 1.53. The van der Waals surface area contributed by atoms with Crippen LogP contribution in [0.3, 0.4) is 0 Å². The smallest absolute Gasteiger partial charge is 0.338 e. The van der Waals surface area contributed by atoms with Crippen LogP contribution in [0.1, 0.15) is 37.9 Å². The minimum absolute atomic E-state index is 0.235. The van der Waals surface area contributed by atoms with E-state index in [-0.39, 0.29) is 11.7 Å². The van der Waals surface area contributed by atoms with Crippen molar-refractivity contribution in [1.29, 1.82) is 0 Å². The molecule has 1 unspecified atom stereocenters. The Morgan fingerprint density at radius 2 is 2.09 bits per heavy atom. The maximum absolute atomic E-state index is 13.1. The molecular weight excluding hydrogens is 494 g/mol. The number of hydrogen-bond acceptors (Lipinski definition) is 9. The van der Waals surface area contributed by atoms with Crippen LogP contribution in [-0.2, 0) is 15.3 Å². The van der Waals surface area contributed by atoms with E-state index in [9.17, 15) is 20.0 Å². The van der Waals surface area contributed by atoms with Gasteiger partial charge in [0.2, 0.25) is 11.1 Å². The first kappa shape index (κ1) is 24.6. The van der Waals surface area contributed by atoms with Crippen molar-refractivity contribution in [3.63, 3.8) is 0 Å². The van der Waals surface area contributed by atoms with Gasteiger partial charge in [-0.2, -0.15) is 4.98 Å². The quantitative estimate of drug-likeness (QED) is 0.191. The number of nitrogens with one attached hydrogen (secondary N) is 1. The molecule has 12 heteroatoms. The van der Waals surface area contributed by atoms with Gasteiger partial charge in [0, 0.05) is 22.5 Å². The highest BCUT2D eigenvalue weighted by molar-refractivity contribution is 7.98. The zero-order valence-electron chi connectivity index (χ0n) is 19.1. The van der Waals surface area contributed by atoms with Crippen molar-refractivity contribution in [2.24, 2.45) is 0 Å². The number of halogens is 1. The highest BCUT2D eigenvalue weighted by atomic mass is 35.5. The van der Waals surface area contributed by atoms with Gasteiger partial charge in [0.25, 0.3) is 0 Å². The molecule has 1 atom stereocenters. The van der Waals surface area contributed by atoms with Gasteiger partial charge < -0.3 is 15.2 Å². The Kier molecular flexibility index (Phi) is 6.99. The van der Waals surface area contributed by atoms with Crippen molar-refractivity contribution in [1.82, 2.24) is 14.8 Å². The van der Waals surface area contributed by atoms with E-state index < -0.39 is 28.4 Å². The van der Waals surface area contributed by atoms with Crippen LogP contribution in [0.5, 0.6) is 5.75 Å². The number of esters is 1. The molecule has 0 radical (unpaired) electrons. The number of thioether (sulfide) groups is 1. The van der Waals surface area contributed by atoms with E-state index in [4.69, 9.17) is 16.3 Å². The van der Waals surface area contributed by atoms with Gasteiger partial charge in [0.05, 0.1) is 16.6 Å². The molecule has 0 bridgehead atoms. The van der Waals surface area contributed by atoms with Crippen LogP contribution in [0.4, 0.5) is 11.6 Å². The van der Waals surface area contributed by atoms with Crippen LogP contribution in [0, 0.1) is 10.1 Å². The second-order valence-electron chi connectivity index (χ2n) is 8.07. The summed E-state index contributed by atoms with van der Waals surface area (Å²) in [6, 6.07) is 10.6. The van der Waals surface area contributed by atoms with E-state index in [2.05, 4.69) is 15.4 Å². The Labute approximate surface area is 210 Å². The van der Waals surface area contributed by atoms with E-state index in [0.29, 0.717) is 33.1 Å². The van der Waals surface area contributed by atoms with Crippen molar-refractivity contribution in [2.75, 3.05) is 5.32 Å². The monoisotopic (exact) mass is 515 g/mol. The van der Waals surface area contributed by atoms with Crippen LogP contribution in [0.25, 0.3) is 0 Å². The Morgan fingerprint density at radius 1 is 1.34 bits per heavy atom. The number of phenols is 1. The number of allylic oxidation sites excluding steroid dienone is 1. The van der Waals surface area contributed by atoms with E-state index >= 15 is 0 Å². The van der Waals surface area contributed by atoms with Crippen LogP contribution in [-0.4, -0.2) is 36.9 Å². The van der Waals surface area contributed by atoms with Gasteiger partial charge in [-0.15, -0.1) is 5.10 Å². The first-order chi connectivity index (χ1) is 16.7. The van der Waals surface area contributed by atoms with Crippen molar-refractivity contribution in [3.8, 4) is 5.75 Å². The van der Waals surface area contributed by atoms with E-state index in [1.165, 1.54) is 34.6 Å². The van der Waals surface area contributed by atoms with Gasteiger partial charge in [0.1, 0.15) is 6.04 Å². The van der Waals surface area contributed by atoms with E-state index in [1.54, 1.807) is 26.8 Å². The minimum Gasteiger partial charge on any atom is -0.502 e. The second-order valence-corrected chi connectivity index (χ2v) is 9.42. The fraction of sp³-hybridized carbons (Fsp3) is 0.261. The highest BCUT2D eigenvalue weighted by Gasteiger charge is 2.36. The molecular formula is C23H22ClN5O5S. The molecule has 2 heterocycles. The molecule has 2 aromatic carbocycles. The summed E-state index contributed by atoms with van der Waals surface area (Å²) >= 11 is 7.62. The molecule has 10 nitrogen and oxygen atoms in total. The van der Waals surface area contributed by atoms with Crippen LogP contribution in [0.15, 0.2) is 58.9 Å². The minimum atomic E-state index is -0.862. The van der Waals surface area contributed by atoms with Crippen molar-refractivity contribution >= 4 is 41.0 Å². The largest absolute Gasteiger partial charge is 0.502 e. The molecule has 0 amide bonds. The molecule has 1 aliphatic rings. The molecule has 1 aliphatic heterocycles. The average Bonchev–Trinajstić information content (AvgIpc) is 3.19. The van der Waals surface area contributed by atoms with Crippen molar-refractivity contribution in [3.05, 3.63) is 80.0 Å². The number of ether oxygens (including phenoxy) is 1. The number of nitro benzene ring substituents is 1. The van der Waals surface area contributed by atoms with Crippen LogP contribution >= 0.6 is 23.4 Å². The van der Waals surface area contributed by atoms with Gasteiger partial charge >= 0.3 is 11.7 Å². The third-order valence-corrected chi connectivity index (χ3v) is 6.48. The zero-order chi connectivity index (χ0) is 25.3. The summed E-state index contributed by atoms with van der Waals surface area (Å²) in [4.78, 5) is 28.4. The third kappa shape index (κ3) is 5.10. The van der Waals surface area contributed by atoms with Gasteiger partial charge in [-0.3, -0.25) is 10.1 Å². The van der Waals surface area contributed by atoms with E-state index in [1.807, 2.05) is 18.2 Å². The number of nitrogens with zero attached hydrogens (tertiary/aromatic N) is 4. The Balaban J connectivity index is 1.76. The van der Waals surface area contributed by atoms with Gasteiger partial charge in [-0.05, 0) is 44.0 Å². The lowest BCUT2D eigenvalue weighted by Crippen LogP contribution is -2.30. The molecule has 1 aromatic heterocycles. The third-order valence-electron chi connectivity index (χ3n) is 5.22. The SMILES string of the molecule is CC1=C(C(=O)OC(C)C)C(c2ccc(O)c([N+](=O)[O-])c2)n2nc(SCc3ccccc3Cl)nc2N1. The molecule has 0 fully saturated rings. The van der Waals surface area contributed by atoms with Gasteiger partial charge in [-0.25, -0.2) is 9.48 Å². The molecule has 182 valence electrons. The normalized spacial score (nSPS) is 15.1. The molecule has 0 saturated heterocycles. The average molecular weight is 516 g/mol. The standard InChI is InChI=1S/C23H22ClN5O5S/c1-12(2)34-21(31)19-13(3)25-22-26-23(35-11-15-6-4-5-7-16(15)24)27-28(22)20(19)14-8-9-18(30)17(10-14)29(32)33/h4-10,12,20,30H,11H2,1-3H3,(H,25,26,27). The number of fused-ring (bicyclic) bond motifs is 1. The van der Waals surface area contributed by atoms with Crippen LogP contribution < -0.4 is 5.32 Å². The number of phenolic OH excluding ortho intramolecular Hbond substituents is 1. The molecule has 0 spiro atoms. The summed E-state index contributed by atoms with van der Waals surface area (Å²) in [7, 11) is 0. The topological polar surface area (TPSA) is 132 Å². The maximum atomic E-state index is 13.1. The highest BCUT2D eigenvalue weighted by Crippen LogP contribution is 2.40. The fourth-order valence-electron chi connectivity index (χ4n) is 3.66. The summed E-state index contributed by atoms with van der Waals surface area (Å²) in [6.07, 6.45) is -0.378. The predicted octanol–water partition coefficient (Wildman–Crippen LogP) is 5.08. The first-order valence-corrected chi connectivity index (χ1v) is 12.0. The molecule has 0 aliphatic carbocycles. The Hall–Kier alpha value is -3.57. The number of rotatable bonds is 7. The fourth-order valence-corrected chi connectivity index (χ4v) is 4.77. The first-order valence-electron chi connectivity index (χ1n) is 10.6. The lowest BCUT2D eigenvalue weighted by Gasteiger charge is -2.28. The number of aromatic hydroxyl groups is 1. The Bertz CT molecular complexity index is 1340. The number of benzene rings is 2. The lowest BCUT2D eigenvalue weighted by atomic mass is 9.95. The van der Waals surface area contributed by atoms with Gasteiger partial charge in [-0.1, -0.05) is 47.6 Å². The summed E-state index contributed by atoms with van der Waals surface area (Å²) < 4.78 is 6.95. The predicted molar refractivity (Wildman–Crippen MR) is 131 cm³/mol. The Morgan fingerprint density at radius 3 is 2.77 bits per heavy atom. The summed E-state index contributed by atoms with van der Waals surface area (Å²) in [5, 5.41) is 30.1. The molecule has 2 N–H and O–H groups in total. The van der Waals surface area contributed by atoms with Gasteiger partial charge in [0.15, 0.2) is 5.75 Å². The number of aromatic nitrogens is 3. The number of carbonyl (C=O) groups excluding carboxylic acids is 1.